The molecule has 370 valence electrons. The number of rotatable bonds is 45. The molecule has 0 saturated heterocycles. The molecule has 0 aliphatic carbocycles. The molecule has 0 spiro atoms. The highest BCUT2D eigenvalue weighted by Gasteiger charge is 2.19. The second kappa shape index (κ2) is 53.2. The molecule has 0 rings (SSSR count). The van der Waals surface area contributed by atoms with Gasteiger partial charge in [0.1, 0.15) is 13.2 Å². The van der Waals surface area contributed by atoms with E-state index in [0.717, 1.165) is 64.2 Å². The molecule has 0 radical (unpaired) electrons. The van der Waals surface area contributed by atoms with Gasteiger partial charge in [-0.15, -0.1) is 0 Å². The highest BCUT2D eigenvalue weighted by molar-refractivity contribution is 5.71. The first-order valence-corrected chi connectivity index (χ1v) is 26.3. The molecule has 0 aliphatic rings. The summed E-state index contributed by atoms with van der Waals surface area (Å²) in [7, 11) is 0. The van der Waals surface area contributed by atoms with Gasteiger partial charge in [-0.05, 0) is 83.5 Å². The van der Waals surface area contributed by atoms with Crippen LogP contribution in [-0.4, -0.2) is 37.2 Å². The average molecular weight is 911 g/mol. The third-order valence-corrected chi connectivity index (χ3v) is 10.6. The van der Waals surface area contributed by atoms with Crippen molar-refractivity contribution in [3.63, 3.8) is 0 Å². The summed E-state index contributed by atoms with van der Waals surface area (Å²) < 4.78 is 16.7. The van der Waals surface area contributed by atoms with Crippen LogP contribution in [0.4, 0.5) is 0 Å². The maximum absolute atomic E-state index is 12.8. The van der Waals surface area contributed by atoms with Crippen molar-refractivity contribution in [3.8, 4) is 0 Å². The normalized spacial score (nSPS) is 13.2. The first kappa shape index (κ1) is 61.5. The van der Waals surface area contributed by atoms with Gasteiger partial charge in [-0.1, -0.05) is 238 Å². The van der Waals surface area contributed by atoms with Crippen LogP contribution in [0.2, 0.25) is 0 Å². The molecule has 1 atom stereocenters. The predicted octanol–water partition coefficient (Wildman–Crippen LogP) is 17.5. The maximum atomic E-state index is 12.8. The topological polar surface area (TPSA) is 78.9 Å². The molecule has 1 unspecified atom stereocenters. The average Bonchev–Trinajstić information content (AvgIpc) is 3.31. The lowest BCUT2D eigenvalue weighted by Gasteiger charge is -2.18. The van der Waals surface area contributed by atoms with E-state index in [0.29, 0.717) is 19.3 Å². The van der Waals surface area contributed by atoms with Crippen LogP contribution in [0, 0.1) is 0 Å². The summed E-state index contributed by atoms with van der Waals surface area (Å²) in [6.07, 6.45) is 74.4. The van der Waals surface area contributed by atoms with Crippen molar-refractivity contribution in [2.45, 2.75) is 213 Å². The van der Waals surface area contributed by atoms with Crippen molar-refractivity contribution in [2.24, 2.45) is 0 Å². The smallest absolute Gasteiger partial charge is 0.306 e. The van der Waals surface area contributed by atoms with E-state index in [9.17, 15) is 14.4 Å². The van der Waals surface area contributed by atoms with E-state index in [-0.39, 0.29) is 50.4 Å². The first-order chi connectivity index (χ1) is 32.5. The van der Waals surface area contributed by atoms with Gasteiger partial charge in [0.05, 0.1) is 0 Å². The van der Waals surface area contributed by atoms with Crippen molar-refractivity contribution in [1.29, 1.82) is 0 Å². The third kappa shape index (κ3) is 50.5. The van der Waals surface area contributed by atoms with Crippen molar-refractivity contribution in [2.75, 3.05) is 13.2 Å². The molecule has 6 heteroatoms. The molecule has 0 amide bonds. The summed E-state index contributed by atoms with van der Waals surface area (Å²) in [4.78, 5) is 38.0. The number of unbranched alkanes of at least 4 members (excludes halogenated alkanes) is 19. The molecule has 0 heterocycles. The van der Waals surface area contributed by atoms with Crippen LogP contribution in [0.5, 0.6) is 0 Å². The van der Waals surface area contributed by atoms with Gasteiger partial charge in [0.25, 0.3) is 0 Å². The van der Waals surface area contributed by atoms with Crippen molar-refractivity contribution in [3.05, 3.63) is 134 Å². The summed E-state index contributed by atoms with van der Waals surface area (Å²) in [5, 5.41) is 0. The Kier molecular flexibility index (Phi) is 49.6. The highest BCUT2D eigenvalue weighted by Crippen LogP contribution is 2.12. The van der Waals surface area contributed by atoms with Crippen LogP contribution < -0.4 is 0 Å². The maximum Gasteiger partial charge on any atom is 0.306 e. The lowest BCUT2D eigenvalue weighted by molar-refractivity contribution is -0.166. The quantitative estimate of drug-likeness (QED) is 0.0199. The number of ether oxygens (including phenoxy) is 3. The van der Waals surface area contributed by atoms with Crippen LogP contribution >= 0.6 is 0 Å². The molecule has 0 N–H and O–H groups in total. The number of hydrogen-bond donors (Lipinski definition) is 0. The number of carbonyl (C=O) groups is 3. The first-order valence-electron chi connectivity index (χ1n) is 26.3. The van der Waals surface area contributed by atoms with Crippen LogP contribution in [-0.2, 0) is 28.6 Å². The molecule has 0 aromatic carbocycles. The lowest BCUT2D eigenvalue weighted by atomic mass is 10.1. The Morgan fingerprint density at radius 2 is 0.682 bits per heavy atom. The summed E-state index contributed by atoms with van der Waals surface area (Å²) in [5.74, 6) is -1.08. The van der Waals surface area contributed by atoms with Crippen LogP contribution in [0.3, 0.4) is 0 Å². The van der Waals surface area contributed by atoms with Gasteiger partial charge in [-0.3, -0.25) is 14.4 Å². The predicted molar refractivity (Wildman–Crippen MR) is 283 cm³/mol. The molecule has 0 aromatic rings. The second-order valence-electron chi connectivity index (χ2n) is 16.9. The summed E-state index contributed by atoms with van der Waals surface area (Å²) in [5.41, 5.74) is 0. The summed E-state index contributed by atoms with van der Waals surface area (Å²) >= 11 is 0. The third-order valence-electron chi connectivity index (χ3n) is 10.6. The Hall–Kier alpha value is -4.45. The number of hydrogen-bond acceptors (Lipinski definition) is 6. The van der Waals surface area contributed by atoms with Gasteiger partial charge in [0.15, 0.2) is 6.10 Å². The van der Waals surface area contributed by atoms with E-state index in [2.05, 4.69) is 75.5 Å². The van der Waals surface area contributed by atoms with Gasteiger partial charge in [-0.25, -0.2) is 0 Å². The van der Waals surface area contributed by atoms with Crippen LogP contribution in [0.1, 0.15) is 207 Å². The van der Waals surface area contributed by atoms with Crippen molar-refractivity contribution >= 4 is 17.9 Å². The number of esters is 3. The molecule has 0 aromatic heterocycles. The zero-order valence-electron chi connectivity index (χ0n) is 42.1. The van der Waals surface area contributed by atoms with Gasteiger partial charge in [0.2, 0.25) is 0 Å². The Balaban J connectivity index is 4.62. The largest absolute Gasteiger partial charge is 0.462 e. The van der Waals surface area contributed by atoms with Crippen LogP contribution in [0.15, 0.2) is 134 Å². The van der Waals surface area contributed by atoms with E-state index in [1.54, 1.807) is 0 Å². The molecule has 0 bridgehead atoms. The van der Waals surface area contributed by atoms with E-state index in [1.807, 2.05) is 79.0 Å². The van der Waals surface area contributed by atoms with E-state index in [1.165, 1.54) is 83.5 Å². The minimum absolute atomic E-state index is 0.135. The summed E-state index contributed by atoms with van der Waals surface area (Å²) in [6.45, 7) is 6.34. The van der Waals surface area contributed by atoms with E-state index < -0.39 is 6.10 Å². The molecular formula is C60H94O6. The standard InChI is InChI=1S/C60H94O6/c1-4-7-10-13-16-19-22-25-27-29-30-31-33-35-38-41-44-47-50-53-59(62)65-56-57(55-64-58(61)52-49-46-43-40-37-34-24-21-18-15-12-9-6-3)66-60(63)54-51-48-45-42-39-36-32-28-26-23-20-17-14-11-8-5-2/h7,10,13,16,19,22,25,27-39,43,46,57H,4-6,8-9,11-12,14-15,17-18,20-21,23-24,26,40-42,44-45,47-56H2,1-3H3/b10-7-,16-13-,22-19-,27-25-,30-29+,32-28-,33-31-,37-34-,38-35-,39-36-,46-43-. The lowest BCUT2D eigenvalue weighted by Crippen LogP contribution is -2.30. The summed E-state index contributed by atoms with van der Waals surface area (Å²) in [6, 6.07) is 0. The molecule has 0 fully saturated rings. The van der Waals surface area contributed by atoms with E-state index in [4.69, 9.17) is 14.2 Å². The Morgan fingerprint density at radius 1 is 0.333 bits per heavy atom. The highest BCUT2D eigenvalue weighted by atomic mass is 16.6. The number of carbonyl (C=O) groups excluding carboxylic acids is 3. The second-order valence-corrected chi connectivity index (χ2v) is 16.9. The van der Waals surface area contributed by atoms with Gasteiger partial charge >= 0.3 is 17.9 Å². The Bertz CT molecular complexity index is 1460. The molecule has 0 aliphatic heterocycles. The molecule has 0 saturated carbocycles. The fourth-order valence-electron chi connectivity index (χ4n) is 6.64. The minimum atomic E-state index is -0.838. The monoisotopic (exact) mass is 911 g/mol. The SMILES string of the molecule is CC\C=C/C=C\C=C/C=C\C=C\C=C/C=C\CCCCCC(=O)OCC(COC(=O)CC/C=C\C/C=C\CCCCCCCC)OC(=O)CCCCC/C=C\C=C/CCCCCCCCC. The van der Waals surface area contributed by atoms with Gasteiger partial charge < -0.3 is 14.2 Å². The van der Waals surface area contributed by atoms with Gasteiger partial charge in [0, 0.05) is 19.3 Å². The fourth-order valence-corrected chi connectivity index (χ4v) is 6.64. The molecule has 66 heavy (non-hydrogen) atoms. The molecular weight excluding hydrogens is 817 g/mol. The van der Waals surface area contributed by atoms with Crippen LogP contribution in [0.25, 0.3) is 0 Å². The van der Waals surface area contributed by atoms with Crippen molar-refractivity contribution < 1.29 is 28.6 Å². The minimum Gasteiger partial charge on any atom is -0.462 e. The van der Waals surface area contributed by atoms with E-state index >= 15 is 0 Å². The zero-order chi connectivity index (χ0) is 47.9. The fraction of sp³-hybridized carbons (Fsp3) is 0.583. The zero-order valence-corrected chi connectivity index (χ0v) is 42.1. The van der Waals surface area contributed by atoms with Crippen molar-refractivity contribution in [1.82, 2.24) is 0 Å². The van der Waals surface area contributed by atoms with Gasteiger partial charge in [-0.2, -0.15) is 0 Å². The Labute approximate surface area is 405 Å². The molecule has 6 nitrogen and oxygen atoms in total. The number of allylic oxidation sites excluding steroid dienone is 22. The Morgan fingerprint density at radius 3 is 1.15 bits per heavy atom.